The predicted molar refractivity (Wildman–Crippen MR) is 81.3 cm³/mol. The minimum Gasteiger partial charge on any atom is -0.508 e. The van der Waals surface area contributed by atoms with Gasteiger partial charge in [-0.3, -0.25) is 0 Å². The molecule has 0 aliphatic carbocycles. The minimum absolute atomic E-state index is 0.000990. The van der Waals surface area contributed by atoms with E-state index in [0.29, 0.717) is 10.6 Å². The fourth-order valence-corrected chi connectivity index (χ4v) is 2.44. The lowest BCUT2D eigenvalue weighted by atomic mass is 10.1. The van der Waals surface area contributed by atoms with Crippen LogP contribution in [0.25, 0.3) is 0 Å². The maximum Gasteiger partial charge on any atom is 0.142 e. The summed E-state index contributed by atoms with van der Waals surface area (Å²) in [6.45, 7) is 3.67. The van der Waals surface area contributed by atoms with Gasteiger partial charge in [0.1, 0.15) is 11.6 Å². The lowest BCUT2D eigenvalue weighted by molar-refractivity contribution is 0.471. The number of nitrogens with one attached hydrogen (secondary N) is 1. The smallest absolute Gasteiger partial charge is 0.142 e. The molecule has 0 aromatic heterocycles. The Balaban J connectivity index is 2.25. The van der Waals surface area contributed by atoms with Gasteiger partial charge in [0.15, 0.2) is 0 Å². The van der Waals surface area contributed by atoms with Crippen molar-refractivity contribution in [2.75, 3.05) is 5.32 Å². The van der Waals surface area contributed by atoms with Crippen LogP contribution in [0.2, 0.25) is 10.0 Å². The van der Waals surface area contributed by atoms with Gasteiger partial charge in [0.25, 0.3) is 0 Å². The van der Waals surface area contributed by atoms with E-state index in [9.17, 15) is 9.50 Å². The van der Waals surface area contributed by atoms with Gasteiger partial charge in [-0.05, 0) is 43.2 Å². The van der Waals surface area contributed by atoms with Crippen LogP contribution in [0.3, 0.4) is 0 Å². The second kappa shape index (κ2) is 5.90. The number of aromatic hydroxyl groups is 1. The van der Waals surface area contributed by atoms with E-state index in [1.807, 2.05) is 19.9 Å². The highest BCUT2D eigenvalue weighted by Gasteiger charge is 2.13. The van der Waals surface area contributed by atoms with Crippen LogP contribution < -0.4 is 5.32 Å². The van der Waals surface area contributed by atoms with Gasteiger partial charge in [-0.2, -0.15) is 0 Å². The lowest BCUT2D eigenvalue weighted by Gasteiger charge is -2.18. The van der Waals surface area contributed by atoms with Crippen molar-refractivity contribution in [1.29, 1.82) is 0 Å². The molecule has 0 spiro atoms. The fourth-order valence-electron chi connectivity index (χ4n) is 1.90. The Morgan fingerprint density at radius 2 is 1.85 bits per heavy atom. The maximum absolute atomic E-state index is 13.5. The number of aryl methyl sites for hydroxylation is 1. The van der Waals surface area contributed by atoms with E-state index in [-0.39, 0.29) is 16.8 Å². The molecule has 2 aromatic carbocycles. The van der Waals surface area contributed by atoms with Gasteiger partial charge in [-0.15, -0.1) is 0 Å². The topological polar surface area (TPSA) is 32.3 Å². The SMILES string of the molecule is Cc1ccc(NC(C)c2cc(F)c(Cl)cc2Cl)cc1O. The van der Waals surface area contributed by atoms with Gasteiger partial charge in [0, 0.05) is 16.8 Å². The van der Waals surface area contributed by atoms with Crippen molar-refractivity contribution in [2.24, 2.45) is 0 Å². The van der Waals surface area contributed by atoms with Crippen molar-refractivity contribution >= 4 is 28.9 Å². The maximum atomic E-state index is 13.5. The van der Waals surface area contributed by atoms with Gasteiger partial charge in [0.2, 0.25) is 0 Å². The van der Waals surface area contributed by atoms with E-state index < -0.39 is 5.82 Å². The van der Waals surface area contributed by atoms with Crippen LogP contribution in [-0.2, 0) is 0 Å². The Kier molecular flexibility index (Phi) is 4.41. The van der Waals surface area contributed by atoms with E-state index in [4.69, 9.17) is 23.2 Å². The number of phenolic OH excluding ortho intramolecular Hbond substituents is 1. The van der Waals surface area contributed by atoms with E-state index in [2.05, 4.69) is 5.32 Å². The van der Waals surface area contributed by atoms with Crippen LogP contribution in [0.1, 0.15) is 24.1 Å². The molecule has 0 fully saturated rings. The Bertz CT molecular complexity index is 646. The Morgan fingerprint density at radius 1 is 1.15 bits per heavy atom. The normalized spacial score (nSPS) is 12.2. The van der Waals surface area contributed by atoms with Crippen molar-refractivity contribution in [3.63, 3.8) is 0 Å². The Morgan fingerprint density at radius 3 is 2.50 bits per heavy atom. The molecule has 0 radical (unpaired) electrons. The second-order valence-electron chi connectivity index (χ2n) is 4.66. The lowest BCUT2D eigenvalue weighted by Crippen LogP contribution is -2.07. The zero-order chi connectivity index (χ0) is 14.9. The molecule has 106 valence electrons. The van der Waals surface area contributed by atoms with Crippen molar-refractivity contribution in [3.8, 4) is 5.75 Å². The summed E-state index contributed by atoms with van der Waals surface area (Å²) in [7, 11) is 0. The Labute approximate surface area is 127 Å². The van der Waals surface area contributed by atoms with Crippen molar-refractivity contribution in [1.82, 2.24) is 0 Å². The van der Waals surface area contributed by atoms with Crippen LogP contribution in [0.4, 0.5) is 10.1 Å². The first-order valence-corrected chi connectivity index (χ1v) is 6.84. The number of halogens is 3. The van der Waals surface area contributed by atoms with E-state index in [1.165, 1.54) is 12.1 Å². The molecule has 2 aromatic rings. The summed E-state index contributed by atoms with van der Waals surface area (Å²) in [5.41, 5.74) is 2.12. The first-order valence-electron chi connectivity index (χ1n) is 6.09. The number of benzene rings is 2. The molecule has 0 amide bonds. The quantitative estimate of drug-likeness (QED) is 0.752. The molecule has 20 heavy (non-hydrogen) atoms. The van der Waals surface area contributed by atoms with Crippen LogP contribution >= 0.6 is 23.2 Å². The van der Waals surface area contributed by atoms with Crippen molar-refractivity contribution in [2.45, 2.75) is 19.9 Å². The van der Waals surface area contributed by atoms with Gasteiger partial charge >= 0.3 is 0 Å². The molecule has 0 bridgehead atoms. The van der Waals surface area contributed by atoms with Crippen molar-refractivity contribution in [3.05, 3.63) is 57.3 Å². The molecule has 0 heterocycles. The predicted octanol–water partition coefficient (Wildman–Crippen LogP) is 5.32. The van der Waals surface area contributed by atoms with E-state index in [0.717, 1.165) is 11.3 Å². The molecule has 1 unspecified atom stereocenters. The van der Waals surface area contributed by atoms with Crippen LogP contribution in [-0.4, -0.2) is 5.11 Å². The fraction of sp³-hybridized carbons (Fsp3) is 0.200. The van der Waals surface area contributed by atoms with Gasteiger partial charge < -0.3 is 10.4 Å². The molecule has 1 atom stereocenters. The number of hydrogen-bond acceptors (Lipinski definition) is 2. The molecular formula is C15H14Cl2FNO. The summed E-state index contributed by atoms with van der Waals surface area (Å²) in [5, 5.41) is 13.2. The average molecular weight is 314 g/mol. The Hall–Kier alpha value is -1.45. The molecular weight excluding hydrogens is 300 g/mol. The number of anilines is 1. The highest BCUT2D eigenvalue weighted by Crippen LogP contribution is 2.31. The standard InChI is InChI=1S/C15H14Cl2FNO/c1-8-3-4-10(5-15(8)20)19-9(2)11-6-14(18)13(17)7-12(11)16/h3-7,9,19-20H,1-2H3. The molecule has 2 nitrogen and oxygen atoms in total. The van der Waals surface area contributed by atoms with Gasteiger partial charge in [0.05, 0.1) is 11.1 Å². The molecule has 0 saturated heterocycles. The number of phenols is 1. The summed E-state index contributed by atoms with van der Waals surface area (Å²) in [6, 6.07) is 7.73. The molecule has 5 heteroatoms. The van der Waals surface area contributed by atoms with Crippen molar-refractivity contribution < 1.29 is 9.50 Å². The molecule has 0 aliphatic rings. The molecule has 0 aliphatic heterocycles. The molecule has 0 saturated carbocycles. The third kappa shape index (κ3) is 3.17. The number of rotatable bonds is 3. The summed E-state index contributed by atoms with van der Waals surface area (Å²) in [4.78, 5) is 0. The van der Waals surface area contributed by atoms with E-state index in [1.54, 1.807) is 12.1 Å². The zero-order valence-corrected chi connectivity index (χ0v) is 12.6. The minimum atomic E-state index is -0.508. The highest BCUT2D eigenvalue weighted by molar-refractivity contribution is 6.35. The summed E-state index contributed by atoms with van der Waals surface area (Å²) in [6.07, 6.45) is 0. The average Bonchev–Trinajstić information content (AvgIpc) is 2.38. The third-order valence-electron chi connectivity index (χ3n) is 3.10. The van der Waals surface area contributed by atoms with Crippen LogP contribution in [0, 0.1) is 12.7 Å². The zero-order valence-electron chi connectivity index (χ0n) is 11.0. The third-order valence-corrected chi connectivity index (χ3v) is 3.72. The monoisotopic (exact) mass is 313 g/mol. The second-order valence-corrected chi connectivity index (χ2v) is 5.47. The van der Waals surface area contributed by atoms with Crippen LogP contribution in [0.5, 0.6) is 5.75 Å². The largest absolute Gasteiger partial charge is 0.508 e. The first kappa shape index (κ1) is 14.9. The number of hydrogen-bond donors (Lipinski definition) is 2. The summed E-state index contributed by atoms with van der Waals surface area (Å²) in [5.74, 6) is -0.304. The molecule has 2 N–H and O–H groups in total. The van der Waals surface area contributed by atoms with Gasteiger partial charge in [-0.1, -0.05) is 29.3 Å². The highest BCUT2D eigenvalue weighted by atomic mass is 35.5. The van der Waals surface area contributed by atoms with Gasteiger partial charge in [-0.25, -0.2) is 4.39 Å². The summed E-state index contributed by atoms with van der Waals surface area (Å²) < 4.78 is 13.5. The van der Waals surface area contributed by atoms with Crippen LogP contribution in [0.15, 0.2) is 30.3 Å². The van der Waals surface area contributed by atoms with E-state index >= 15 is 0 Å². The molecule has 2 rings (SSSR count). The first-order chi connectivity index (χ1) is 9.38. The summed E-state index contributed by atoms with van der Waals surface area (Å²) >= 11 is 11.8.